The van der Waals surface area contributed by atoms with Gasteiger partial charge in [-0.2, -0.15) is 0 Å². The zero-order valence-corrected chi connectivity index (χ0v) is 12.4. The van der Waals surface area contributed by atoms with Crippen molar-refractivity contribution >= 4 is 29.1 Å². The summed E-state index contributed by atoms with van der Waals surface area (Å²) in [6, 6.07) is 3.09. The maximum Gasteiger partial charge on any atom is 0.253 e. The first-order valence-corrected chi connectivity index (χ1v) is 7.13. The third-order valence-electron chi connectivity index (χ3n) is 3.31. The maximum atomic E-state index is 12.2. The molecule has 1 aromatic rings. The van der Waals surface area contributed by atoms with Crippen molar-refractivity contribution in [3.8, 4) is 0 Å². The summed E-state index contributed by atoms with van der Waals surface area (Å²) in [5, 5.41) is 0.479. The van der Waals surface area contributed by atoms with Gasteiger partial charge in [0.05, 0.1) is 0 Å². The van der Waals surface area contributed by atoms with E-state index in [1.165, 1.54) is 12.8 Å². The topological polar surface area (TPSA) is 36.4 Å². The fourth-order valence-electron chi connectivity index (χ4n) is 2.21. The molecule has 0 bridgehead atoms. The number of nitrogens with zero attached hydrogens (tertiary/aromatic N) is 3. The molecule has 19 heavy (non-hydrogen) atoms. The second-order valence-corrected chi connectivity index (χ2v) is 5.55. The number of aromatic nitrogens is 1. The van der Waals surface area contributed by atoms with Crippen LogP contribution < -0.4 is 0 Å². The lowest BCUT2D eigenvalue weighted by Crippen LogP contribution is -2.35. The predicted molar refractivity (Wildman–Crippen MR) is 76.9 cm³/mol. The number of amides is 1. The van der Waals surface area contributed by atoms with Crippen LogP contribution in [0, 0.1) is 0 Å². The van der Waals surface area contributed by atoms with Gasteiger partial charge in [0.2, 0.25) is 0 Å². The average Bonchev–Trinajstić information content (AvgIpc) is 2.87. The molecular formula is C13H17Cl2N3O. The number of carbonyl (C=O) groups is 1. The number of pyridine rings is 1. The van der Waals surface area contributed by atoms with E-state index in [-0.39, 0.29) is 16.2 Å². The fourth-order valence-corrected chi connectivity index (χ4v) is 2.67. The van der Waals surface area contributed by atoms with Crippen molar-refractivity contribution in [3.63, 3.8) is 0 Å². The minimum absolute atomic E-state index is 0.0783. The Morgan fingerprint density at radius 2 is 1.89 bits per heavy atom. The van der Waals surface area contributed by atoms with Gasteiger partial charge in [-0.25, -0.2) is 4.98 Å². The SMILES string of the molecule is CN(CCN1CCCC1)C(=O)c1cc(Cl)nc(Cl)c1. The summed E-state index contributed by atoms with van der Waals surface area (Å²) >= 11 is 11.6. The molecule has 6 heteroatoms. The lowest BCUT2D eigenvalue weighted by atomic mass is 10.2. The van der Waals surface area contributed by atoms with Crippen molar-refractivity contribution in [2.45, 2.75) is 12.8 Å². The molecule has 1 saturated heterocycles. The molecule has 0 atom stereocenters. The Bertz CT molecular complexity index is 441. The highest BCUT2D eigenvalue weighted by atomic mass is 35.5. The molecule has 0 unspecified atom stereocenters. The molecule has 0 spiro atoms. The van der Waals surface area contributed by atoms with E-state index in [1.807, 2.05) is 0 Å². The van der Waals surface area contributed by atoms with Crippen LogP contribution in [0.15, 0.2) is 12.1 Å². The van der Waals surface area contributed by atoms with E-state index >= 15 is 0 Å². The van der Waals surface area contributed by atoms with Crippen LogP contribution in [0.1, 0.15) is 23.2 Å². The average molecular weight is 302 g/mol. The molecule has 0 saturated carbocycles. The molecular weight excluding hydrogens is 285 g/mol. The number of halogens is 2. The first-order valence-electron chi connectivity index (χ1n) is 6.37. The zero-order chi connectivity index (χ0) is 13.8. The first kappa shape index (κ1) is 14.6. The summed E-state index contributed by atoms with van der Waals surface area (Å²) in [7, 11) is 1.79. The molecule has 0 aromatic carbocycles. The van der Waals surface area contributed by atoms with Gasteiger partial charge in [0, 0.05) is 25.7 Å². The number of likely N-dealkylation sites (tertiary alicyclic amines) is 1. The van der Waals surface area contributed by atoms with Gasteiger partial charge in [-0.1, -0.05) is 23.2 Å². The number of likely N-dealkylation sites (N-methyl/N-ethyl adjacent to an activating group) is 1. The summed E-state index contributed by atoms with van der Waals surface area (Å²) in [6.45, 7) is 3.88. The van der Waals surface area contributed by atoms with Crippen LogP contribution in [0.4, 0.5) is 0 Å². The second-order valence-electron chi connectivity index (χ2n) is 4.78. The van der Waals surface area contributed by atoms with Crippen LogP contribution in [0.2, 0.25) is 10.3 Å². The molecule has 1 amide bonds. The second kappa shape index (κ2) is 6.55. The Morgan fingerprint density at radius 1 is 1.32 bits per heavy atom. The number of hydrogen-bond acceptors (Lipinski definition) is 3. The van der Waals surface area contributed by atoms with Crippen LogP contribution in [0.3, 0.4) is 0 Å². The van der Waals surface area contributed by atoms with Gasteiger partial charge >= 0.3 is 0 Å². The summed E-state index contributed by atoms with van der Waals surface area (Å²) in [5.41, 5.74) is 0.480. The van der Waals surface area contributed by atoms with Crippen LogP contribution in [0.5, 0.6) is 0 Å². The monoisotopic (exact) mass is 301 g/mol. The van der Waals surface area contributed by atoms with E-state index in [1.54, 1.807) is 24.1 Å². The molecule has 0 N–H and O–H groups in total. The normalized spacial score (nSPS) is 15.7. The van der Waals surface area contributed by atoms with E-state index in [4.69, 9.17) is 23.2 Å². The molecule has 1 aliphatic heterocycles. The highest BCUT2D eigenvalue weighted by Gasteiger charge is 2.16. The smallest absolute Gasteiger partial charge is 0.253 e. The van der Waals surface area contributed by atoms with E-state index in [2.05, 4.69) is 9.88 Å². The van der Waals surface area contributed by atoms with Crippen molar-refractivity contribution in [1.82, 2.24) is 14.8 Å². The minimum Gasteiger partial charge on any atom is -0.340 e. The van der Waals surface area contributed by atoms with Crippen LogP contribution >= 0.6 is 23.2 Å². The van der Waals surface area contributed by atoms with Gasteiger partial charge in [0.15, 0.2) is 0 Å². The van der Waals surface area contributed by atoms with Crippen molar-refractivity contribution in [1.29, 1.82) is 0 Å². The van der Waals surface area contributed by atoms with Crippen LogP contribution in [-0.2, 0) is 0 Å². The van der Waals surface area contributed by atoms with E-state index in [0.717, 1.165) is 19.6 Å². The Labute approximate surface area is 123 Å². The molecule has 2 rings (SSSR count). The summed E-state index contributed by atoms with van der Waals surface area (Å²) in [4.78, 5) is 20.1. The standard InChI is InChI=1S/C13H17Cl2N3O/c1-17(6-7-18-4-2-3-5-18)13(19)10-8-11(14)16-12(15)9-10/h8-9H,2-7H2,1H3. The Kier molecular flexibility index (Phi) is 5.02. The summed E-state index contributed by atoms with van der Waals surface area (Å²) in [6.07, 6.45) is 2.51. The first-order chi connectivity index (χ1) is 9.06. The van der Waals surface area contributed by atoms with E-state index < -0.39 is 0 Å². The molecule has 104 valence electrons. The largest absolute Gasteiger partial charge is 0.340 e. The lowest BCUT2D eigenvalue weighted by molar-refractivity contribution is 0.0782. The Balaban J connectivity index is 1.93. The molecule has 2 heterocycles. The van der Waals surface area contributed by atoms with Gasteiger partial charge in [-0.05, 0) is 38.1 Å². The number of carbonyl (C=O) groups excluding carboxylic acids is 1. The molecule has 1 aromatic heterocycles. The van der Waals surface area contributed by atoms with Crippen molar-refractivity contribution in [2.24, 2.45) is 0 Å². The van der Waals surface area contributed by atoms with E-state index in [0.29, 0.717) is 12.1 Å². The minimum atomic E-state index is -0.0783. The van der Waals surface area contributed by atoms with Crippen molar-refractivity contribution in [3.05, 3.63) is 28.0 Å². The molecule has 0 aliphatic carbocycles. The zero-order valence-electron chi connectivity index (χ0n) is 10.9. The summed E-state index contributed by atoms with van der Waals surface area (Å²) in [5.74, 6) is -0.0783. The molecule has 1 fully saturated rings. The fraction of sp³-hybridized carbons (Fsp3) is 0.538. The Hall–Kier alpha value is -0.840. The number of hydrogen-bond donors (Lipinski definition) is 0. The Morgan fingerprint density at radius 3 is 2.47 bits per heavy atom. The third kappa shape index (κ3) is 4.06. The highest BCUT2D eigenvalue weighted by Crippen LogP contribution is 2.16. The van der Waals surface area contributed by atoms with Gasteiger partial charge in [0.1, 0.15) is 10.3 Å². The van der Waals surface area contributed by atoms with Gasteiger partial charge in [0.25, 0.3) is 5.91 Å². The highest BCUT2D eigenvalue weighted by molar-refractivity contribution is 6.33. The molecule has 1 aliphatic rings. The molecule has 0 radical (unpaired) electrons. The van der Waals surface area contributed by atoms with Gasteiger partial charge in [-0.15, -0.1) is 0 Å². The molecule has 4 nitrogen and oxygen atoms in total. The van der Waals surface area contributed by atoms with Gasteiger partial charge < -0.3 is 9.80 Å². The third-order valence-corrected chi connectivity index (χ3v) is 3.69. The maximum absolute atomic E-state index is 12.2. The van der Waals surface area contributed by atoms with Crippen molar-refractivity contribution < 1.29 is 4.79 Å². The van der Waals surface area contributed by atoms with Crippen molar-refractivity contribution in [2.75, 3.05) is 33.2 Å². The van der Waals surface area contributed by atoms with E-state index in [9.17, 15) is 4.79 Å². The van der Waals surface area contributed by atoms with Crippen LogP contribution in [0.25, 0.3) is 0 Å². The predicted octanol–water partition coefficient (Wildman–Crippen LogP) is 2.56. The summed E-state index contributed by atoms with van der Waals surface area (Å²) < 4.78 is 0. The quantitative estimate of drug-likeness (QED) is 0.802. The number of rotatable bonds is 4. The lowest BCUT2D eigenvalue weighted by Gasteiger charge is -2.21. The van der Waals surface area contributed by atoms with Gasteiger partial charge in [-0.3, -0.25) is 4.79 Å². The van der Waals surface area contributed by atoms with Crippen LogP contribution in [-0.4, -0.2) is 53.9 Å².